The van der Waals surface area contributed by atoms with Crippen LogP contribution in [-0.4, -0.2) is 68.0 Å². The van der Waals surface area contributed by atoms with Crippen LogP contribution in [0.15, 0.2) is 33.7 Å². The zero-order valence-corrected chi connectivity index (χ0v) is 20.8. The molecule has 1 fully saturated rings. The molecule has 10 heteroatoms. The van der Waals surface area contributed by atoms with Crippen molar-refractivity contribution in [2.45, 2.75) is 38.5 Å². The van der Waals surface area contributed by atoms with Crippen LogP contribution in [0, 0.1) is 18.7 Å². The Balaban J connectivity index is 1.64. The highest BCUT2D eigenvalue weighted by molar-refractivity contribution is 7.89. The molecule has 2 heterocycles. The molecule has 0 bridgehead atoms. The largest absolute Gasteiger partial charge is 0.355 e. The molecule has 0 radical (unpaired) electrons. The van der Waals surface area contributed by atoms with Gasteiger partial charge in [-0.3, -0.25) is 4.79 Å². The van der Waals surface area contributed by atoms with Crippen molar-refractivity contribution in [1.29, 1.82) is 0 Å². The topological polar surface area (TPSA) is 95.8 Å². The van der Waals surface area contributed by atoms with Gasteiger partial charge >= 0.3 is 0 Å². The van der Waals surface area contributed by atoms with E-state index in [-0.39, 0.29) is 41.3 Å². The third-order valence-electron chi connectivity index (χ3n) is 6.20. The van der Waals surface area contributed by atoms with Gasteiger partial charge in [-0.25, -0.2) is 12.8 Å². The molecule has 1 aromatic heterocycles. The van der Waals surface area contributed by atoms with Gasteiger partial charge in [0.25, 0.3) is 0 Å². The van der Waals surface area contributed by atoms with E-state index in [1.165, 1.54) is 22.5 Å². The van der Waals surface area contributed by atoms with Crippen molar-refractivity contribution in [3.05, 3.63) is 47.1 Å². The molecule has 0 spiro atoms. The van der Waals surface area contributed by atoms with Crippen LogP contribution in [0.5, 0.6) is 0 Å². The standard InChI is InChI=1S/C24H33FN4O4S/c1-4-28(5-2)17-14-26-24(30)20-12-15-29(16-13-20)34(31,32)23-18(3)27-33-22(23)11-10-19-8-6-7-9-21(19)25/h6-11,20H,4-5,12-17H2,1-3H3,(H,26,30)/b11-10+. The van der Waals surface area contributed by atoms with Crippen LogP contribution < -0.4 is 5.32 Å². The summed E-state index contributed by atoms with van der Waals surface area (Å²) in [6, 6.07) is 6.18. The average molecular weight is 493 g/mol. The Morgan fingerprint density at radius 3 is 2.56 bits per heavy atom. The van der Waals surface area contributed by atoms with Gasteiger partial charge in [0.05, 0.1) is 0 Å². The maximum absolute atomic E-state index is 13.9. The molecule has 0 aliphatic carbocycles. The predicted octanol–water partition coefficient (Wildman–Crippen LogP) is 3.15. The number of halogens is 1. The number of hydrogen-bond acceptors (Lipinski definition) is 6. The summed E-state index contributed by atoms with van der Waals surface area (Å²) in [5.41, 5.74) is 0.553. The predicted molar refractivity (Wildman–Crippen MR) is 129 cm³/mol. The quantitative estimate of drug-likeness (QED) is 0.548. The number of likely N-dealkylation sites (N-methyl/N-ethyl adjacent to an activating group) is 1. The lowest BCUT2D eigenvalue weighted by Gasteiger charge is -2.30. The van der Waals surface area contributed by atoms with Crippen molar-refractivity contribution < 1.29 is 22.1 Å². The molecule has 2 aromatic rings. The molecule has 1 N–H and O–H groups in total. The summed E-state index contributed by atoms with van der Waals surface area (Å²) in [5, 5.41) is 6.80. The molecule has 8 nitrogen and oxygen atoms in total. The number of nitrogens with one attached hydrogen (secondary N) is 1. The van der Waals surface area contributed by atoms with E-state index in [4.69, 9.17) is 4.52 Å². The van der Waals surface area contributed by atoms with Crippen molar-refractivity contribution in [3.8, 4) is 0 Å². The first kappa shape index (κ1) is 26.1. The highest BCUT2D eigenvalue weighted by Gasteiger charge is 2.35. The number of benzene rings is 1. The molecule has 0 saturated carbocycles. The minimum Gasteiger partial charge on any atom is -0.355 e. The second-order valence-electron chi connectivity index (χ2n) is 8.31. The number of sulfonamides is 1. The van der Waals surface area contributed by atoms with Crippen molar-refractivity contribution in [2.24, 2.45) is 5.92 Å². The van der Waals surface area contributed by atoms with Crippen molar-refractivity contribution in [1.82, 2.24) is 19.7 Å². The summed E-state index contributed by atoms with van der Waals surface area (Å²) < 4.78 is 47.3. The Bertz CT molecular complexity index is 1100. The zero-order valence-electron chi connectivity index (χ0n) is 20.0. The third-order valence-corrected chi connectivity index (χ3v) is 8.25. The molecule has 1 amide bonds. The van der Waals surface area contributed by atoms with E-state index < -0.39 is 15.8 Å². The normalized spacial score (nSPS) is 15.9. The van der Waals surface area contributed by atoms with E-state index >= 15 is 0 Å². The van der Waals surface area contributed by atoms with Gasteiger partial charge in [0.1, 0.15) is 11.5 Å². The lowest BCUT2D eigenvalue weighted by molar-refractivity contribution is -0.126. The molecule has 34 heavy (non-hydrogen) atoms. The lowest BCUT2D eigenvalue weighted by Crippen LogP contribution is -2.44. The number of aromatic nitrogens is 1. The number of hydrogen-bond donors (Lipinski definition) is 1. The lowest BCUT2D eigenvalue weighted by atomic mass is 9.97. The van der Waals surface area contributed by atoms with E-state index in [2.05, 4.69) is 29.2 Å². The molecule has 0 atom stereocenters. The summed E-state index contributed by atoms with van der Waals surface area (Å²) in [5.74, 6) is -0.611. The maximum atomic E-state index is 13.9. The minimum absolute atomic E-state index is 0.0257. The molecule has 186 valence electrons. The van der Waals surface area contributed by atoms with Crippen LogP contribution >= 0.6 is 0 Å². The molecule has 0 unspecified atom stereocenters. The Morgan fingerprint density at radius 1 is 1.24 bits per heavy atom. The van der Waals surface area contributed by atoms with E-state index in [0.717, 1.165) is 19.6 Å². The van der Waals surface area contributed by atoms with Gasteiger partial charge < -0.3 is 14.7 Å². The number of piperidine rings is 1. The van der Waals surface area contributed by atoms with Gasteiger partial charge in [-0.2, -0.15) is 4.31 Å². The van der Waals surface area contributed by atoms with Crippen LogP contribution in [0.2, 0.25) is 0 Å². The van der Waals surface area contributed by atoms with Crippen molar-refractivity contribution >= 4 is 28.1 Å². The zero-order chi connectivity index (χ0) is 24.7. The van der Waals surface area contributed by atoms with Gasteiger partial charge in [-0.05, 0) is 51.1 Å². The number of carbonyl (C=O) groups is 1. The van der Waals surface area contributed by atoms with E-state index in [1.54, 1.807) is 25.1 Å². The third kappa shape index (κ3) is 6.11. The van der Waals surface area contributed by atoms with Crippen LogP contribution in [0.1, 0.15) is 43.7 Å². The van der Waals surface area contributed by atoms with Crippen LogP contribution in [0.25, 0.3) is 12.2 Å². The molecule has 1 aromatic carbocycles. The molecule has 1 saturated heterocycles. The van der Waals surface area contributed by atoms with Crippen LogP contribution in [0.4, 0.5) is 4.39 Å². The highest BCUT2D eigenvalue weighted by atomic mass is 32.2. The SMILES string of the molecule is CCN(CC)CCNC(=O)C1CCN(S(=O)(=O)c2c(C)noc2/C=C/c2ccccc2F)CC1. The first-order valence-electron chi connectivity index (χ1n) is 11.7. The van der Waals surface area contributed by atoms with Crippen molar-refractivity contribution in [2.75, 3.05) is 39.3 Å². The first-order valence-corrected chi connectivity index (χ1v) is 13.1. The van der Waals surface area contributed by atoms with Crippen LogP contribution in [0.3, 0.4) is 0 Å². The van der Waals surface area contributed by atoms with Gasteiger partial charge in [0, 0.05) is 37.7 Å². The fraction of sp³-hybridized carbons (Fsp3) is 0.500. The van der Waals surface area contributed by atoms with Gasteiger partial charge in [-0.1, -0.05) is 37.2 Å². The summed E-state index contributed by atoms with van der Waals surface area (Å²) in [4.78, 5) is 14.7. The summed E-state index contributed by atoms with van der Waals surface area (Å²) >= 11 is 0. The van der Waals surface area contributed by atoms with E-state index in [1.807, 2.05) is 0 Å². The highest BCUT2D eigenvalue weighted by Crippen LogP contribution is 2.29. The Morgan fingerprint density at radius 2 is 1.91 bits per heavy atom. The number of aryl methyl sites for hydroxylation is 1. The molecule has 3 rings (SSSR count). The average Bonchev–Trinajstić information content (AvgIpc) is 3.22. The molecule has 1 aliphatic rings. The van der Waals surface area contributed by atoms with Crippen molar-refractivity contribution in [3.63, 3.8) is 0 Å². The van der Waals surface area contributed by atoms with Crippen LogP contribution in [-0.2, 0) is 14.8 Å². The summed E-state index contributed by atoms with van der Waals surface area (Å²) in [7, 11) is -3.88. The maximum Gasteiger partial charge on any atom is 0.248 e. The Hall–Kier alpha value is -2.56. The molecule has 1 aliphatic heterocycles. The summed E-state index contributed by atoms with van der Waals surface area (Å²) in [6.07, 6.45) is 3.77. The minimum atomic E-state index is -3.88. The van der Waals surface area contributed by atoms with Gasteiger partial charge in [-0.15, -0.1) is 0 Å². The second-order valence-corrected chi connectivity index (χ2v) is 10.2. The Kier molecular flexibility index (Phi) is 8.98. The van der Waals surface area contributed by atoms with Gasteiger partial charge in [0.2, 0.25) is 15.9 Å². The fourth-order valence-electron chi connectivity index (χ4n) is 4.08. The number of rotatable bonds is 10. The second kappa shape index (κ2) is 11.7. The van der Waals surface area contributed by atoms with E-state index in [9.17, 15) is 17.6 Å². The fourth-order valence-corrected chi connectivity index (χ4v) is 5.80. The molecular weight excluding hydrogens is 459 g/mol. The number of amides is 1. The van der Waals surface area contributed by atoms with E-state index in [0.29, 0.717) is 24.9 Å². The Labute approximate surface area is 200 Å². The summed E-state index contributed by atoms with van der Waals surface area (Å²) in [6.45, 7) is 9.44. The smallest absolute Gasteiger partial charge is 0.248 e. The molecular formula is C24H33FN4O4S. The number of carbonyl (C=O) groups excluding carboxylic acids is 1. The monoisotopic (exact) mass is 492 g/mol. The first-order chi connectivity index (χ1) is 16.3. The number of nitrogens with zero attached hydrogens (tertiary/aromatic N) is 3. The van der Waals surface area contributed by atoms with Gasteiger partial charge in [0.15, 0.2) is 10.7 Å².